The molecule has 0 aromatic carbocycles. The second-order valence-electron chi connectivity index (χ2n) is 3.00. The highest BCUT2D eigenvalue weighted by molar-refractivity contribution is 5.04. The predicted octanol–water partition coefficient (Wildman–Crippen LogP) is 3.57. The first-order valence-corrected chi connectivity index (χ1v) is 3.26. The zero-order chi connectivity index (χ0) is 12.0. The Hall–Kier alpha value is -0.560. The van der Waals surface area contributed by atoms with E-state index in [1.54, 1.807) is 0 Å². The molecule has 0 saturated heterocycles. The van der Waals surface area contributed by atoms with Crippen LogP contribution >= 0.6 is 0 Å². The summed E-state index contributed by atoms with van der Waals surface area (Å²) in [6, 6.07) is 0. The van der Waals surface area contributed by atoms with Crippen molar-refractivity contribution in [3.05, 3.63) is 0 Å². The summed E-state index contributed by atoms with van der Waals surface area (Å²) in [4.78, 5) is 0. The summed E-state index contributed by atoms with van der Waals surface area (Å²) in [6.45, 7) is -0.971. The second-order valence-corrected chi connectivity index (χ2v) is 3.00. The van der Waals surface area contributed by atoms with Gasteiger partial charge in [-0.1, -0.05) is 0 Å². The number of hydrogen-bond acceptors (Lipinski definition) is 0. The lowest BCUT2D eigenvalue weighted by Gasteiger charge is -2.36. The van der Waals surface area contributed by atoms with Crippen LogP contribution in [-0.2, 0) is 0 Å². The highest BCUT2D eigenvalue weighted by atomic mass is 19.4. The molecule has 0 aliphatic carbocycles. The van der Waals surface area contributed by atoms with E-state index in [9.17, 15) is 35.1 Å². The normalized spacial score (nSPS) is 22.7. The van der Waals surface area contributed by atoms with Crippen molar-refractivity contribution in [2.24, 2.45) is 0 Å². The van der Waals surface area contributed by atoms with E-state index < -0.39 is 37.5 Å². The molecule has 2 atom stereocenters. The molecule has 0 fully saturated rings. The lowest BCUT2D eigenvalue weighted by molar-refractivity contribution is -0.332. The highest BCUT2D eigenvalue weighted by Crippen LogP contribution is 2.51. The van der Waals surface area contributed by atoms with Crippen LogP contribution < -0.4 is 0 Å². The first-order chi connectivity index (χ1) is 5.75. The van der Waals surface area contributed by atoms with Gasteiger partial charge in [0.15, 0.2) is 0 Å². The van der Waals surface area contributed by atoms with Crippen molar-refractivity contribution in [1.29, 1.82) is 0 Å². The Morgan fingerprint density at radius 3 is 0.714 bits per heavy atom. The maximum absolute atomic E-state index is 12.7. The molecule has 0 nitrogen and oxygen atoms in total. The summed E-state index contributed by atoms with van der Waals surface area (Å²) in [5.41, 5.74) is -9.95. The third-order valence-corrected chi connectivity index (χ3v) is 1.95. The van der Waals surface area contributed by atoms with Crippen molar-refractivity contribution in [3.8, 4) is 0 Å². The van der Waals surface area contributed by atoms with Gasteiger partial charge >= 0.3 is 12.4 Å². The van der Waals surface area contributed by atoms with Gasteiger partial charge in [-0.05, 0) is 13.8 Å². The SMILES string of the molecule is CC(F)(C(F)(F)F)C(C)(F)C(F)(F)F. The van der Waals surface area contributed by atoms with Crippen molar-refractivity contribution in [1.82, 2.24) is 0 Å². The average Bonchev–Trinajstić information content (AvgIpc) is 1.81. The molecule has 0 aliphatic heterocycles. The number of rotatable bonds is 1. The molecular weight excluding hydrogens is 224 g/mol. The largest absolute Gasteiger partial charge is 0.425 e. The molecule has 8 heteroatoms. The van der Waals surface area contributed by atoms with Crippen LogP contribution in [0.15, 0.2) is 0 Å². The Morgan fingerprint density at radius 2 is 0.643 bits per heavy atom. The van der Waals surface area contributed by atoms with E-state index in [4.69, 9.17) is 0 Å². The highest BCUT2D eigenvalue weighted by Gasteiger charge is 2.74. The van der Waals surface area contributed by atoms with E-state index in [2.05, 4.69) is 0 Å². The molecule has 2 unspecified atom stereocenters. The Kier molecular flexibility index (Phi) is 2.84. The average molecular weight is 230 g/mol. The fraction of sp³-hybridized carbons (Fsp3) is 1.00. The van der Waals surface area contributed by atoms with Gasteiger partial charge in [-0.25, -0.2) is 8.78 Å². The van der Waals surface area contributed by atoms with E-state index in [-0.39, 0.29) is 0 Å². The van der Waals surface area contributed by atoms with Crippen molar-refractivity contribution in [2.75, 3.05) is 0 Å². The lowest BCUT2D eigenvalue weighted by Crippen LogP contribution is -2.61. The molecule has 0 N–H and O–H groups in total. The van der Waals surface area contributed by atoms with Gasteiger partial charge in [0, 0.05) is 0 Å². The quantitative estimate of drug-likeness (QED) is 0.604. The van der Waals surface area contributed by atoms with Gasteiger partial charge in [-0.3, -0.25) is 0 Å². The summed E-state index contributed by atoms with van der Waals surface area (Å²) in [5, 5.41) is 0. The van der Waals surface area contributed by atoms with Crippen LogP contribution in [0.3, 0.4) is 0 Å². The second kappa shape index (κ2) is 2.96. The maximum Gasteiger partial charge on any atom is 0.425 e. The van der Waals surface area contributed by atoms with E-state index >= 15 is 0 Å². The van der Waals surface area contributed by atoms with Crippen molar-refractivity contribution < 1.29 is 35.1 Å². The molecule has 0 saturated carbocycles. The Morgan fingerprint density at radius 1 is 0.500 bits per heavy atom. The fourth-order valence-corrected chi connectivity index (χ4v) is 0.532. The van der Waals surface area contributed by atoms with Gasteiger partial charge < -0.3 is 0 Å². The van der Waals surface area contributed by atoms with Crippen LogP contribution in [0.25, 0.3) is 0 Å². The topological polar surface area (TPSA) is 0 Å². The van der Waals surface area contributed by atoms with Gasteiger partial charge in [0.2, 0.25) is 11.3 Å². The van der Waals surface area contributed by atoms with Gasteiger partial charge in [0.25, 0.3) is 0 Å². The zero-order valence-electron chi connectivity index (χ0n) is 7.02. The summed E-state index contributed by atoms with van der Waals surface area (Å²) >= 11 is 0. The molecule has 14 heavy (non-hydrogen) atoms. The Bertz CT molecular complexity index is 183. The monoisotopic (exact) mass is 230 g/mol. The zero-order valence-corrected chi connectivity index (χ0v) is 7.02. The number of halogens is 8. The molecule has 0 rings (SSSR count). The van der Waals surface area contributed by atoms with Crippen molar-refractivity contribution in [3.63, 3.8) is 0 Å². The van der Waals surface area contributed by atoms with Crippen LogP contribution in [0.4, 0.5) is 35.1 Å². The third-order valence-electron chi connectivity index (χ3n) is 1.95. The molecule has 0 aromatic rings. The maximum atomic E-state index is 12.7. The van der Waals surface area contributed by atoms with Crippen molar-refractivity contribution in [2.45, 2.75) is 37.5 Å². The molecular formula is C6H6F8. The Labute approximate surface area is 73.9 Å². The summed E-state index contributed by atoms with van der Waals surface area (Å²) in [7, 11) is 0. The minimum absolute atomic E-state index is 0.486. The van der Waals surface area contributed by atoms with Gasteiger partial charge in [0.05, 0.1) is 0 Å². The molecule has 0 amide bonds. The predicted molar refractivity (Wildman–Crippen MR) is 31.1 cm³/mol. The molecule has 0 bridgehead atoms. The van der Waals surface area contributed by atoms with Crippen LogP contribution in [0, 0.1) is 0 Å². The number of alkyl halides is 8. The molecule has 86 valence electrons. The van der Waals surface area contributed by atoms with Gasteiger partial charge in [-0.15, -0.1) is 0 Å². The van der Waals surface area contributed by atoms with E-state index in [1.165, 1.54) is 0 Å². The van der Waals surface area contributed by atoms with E-state index in [0.29, 0.717) is 0 Å². The fourth-order valence-electron chi connectivity index (χ4n) is 0.532. The lowest BCUT2D eigenvalue weighted by atomic mass is 9.88. The molecule has 0 aliphatic rings. The van der Waals surface area contributed by atoms with Crippen LogP contribution in [0.2, 0.25) is 0 Å². The van der Waals surface area contributed by atoms with Crippen molar-refractivity contribution >= 4 is 0 Å². The molecule has 0 heterocycles. The van der Waals surface area contributed by atoms with Gasteiger partial charge in [0.1, 0.15) is 0 Å². The molecule has 0 radical (unpaired) electrons. The first kappa shape index (κ1) is 13.4. The van der Waals surface area contributed by atoms with E-state index in [1.807, 2.05) is 0 Å². The third kappa shape index (κ3) is 1.78. The summed E-state index contributed by atoms with van der Waals surface area (Å²) in [6.07, 6.45) is -11.8. The van der Waals surface area contributed by atoms with Crippen LogP contribution in [0.5, 0.6) is 0 Å². The summed E-state index contributed by atoms with van der Waals surface area (Å²) < 4.78 is 95.8. The number of hydrogen-bond donors (Lipinski definition) is 0. The first-order valence-electron chi connectivity index (χ1n) is 3.26. The standard InChI is InChI=1S/C6H6F8/c1-3(7,5(9,10)11)4(2,8)6(12,13)14/h1-2H3. The minimum Gasteiger partial charge on any atom is -0.230 e. The van der Waals surface area contributed by atoms with Gasteiger partial charge in [-0.2, -0.15) is 26.3 Å². The summed E-state index contributed by atoms with van der Waals surface area (Å²) in [5.74, 6) is 0. The molecule has 0 spiro atoms. The van der Waals surface area contributed by atoms with Crippen LogP contribution in [0.1, 0.15) is 13.8 Å². The Balaban J connectivity index is 5.30. The van der Waals surface area contributed by atoms with E-state index in [0.717, 1.165) is 0 Å². The minimum atomic E-state index is -5.92. The smallest absolute Gasteiger partial charge is 0.230 e. The van der Waals surface area contributed by atoms with Crippen LogP contribution in [-0.4, -0.2) is 23.7 Å². The molecule has 0 aromatic heterocycles.